The molecule has 6 heteroatoms. The first-order chi connectivity index (χ1) is 10.5. The highest BCUT2D eigenvalue weighted by molar-refractivity contribution is 5.85. The van der Waals surface area contributed by atoms with Crippen molar-refractivity contribution in [3.63, 3.8) is 0 Å². The number of rotatable bonds is 5. The topological polar surface area (TPSA) is 41.1 Å². The van der Waals surface area contributed by atoms with Crippen LogP contribution < -0.4 is 10.6 Å². The van der Waals surface area contributed by atoms with E-state index in [1.165, 1.54) is 12.1 Å². The molecule has 0 saturated carbocycles. The van der Waals surface area contributed by atoms with Crippen molar-refractivity contribution in [2.45, 2.75) is 51.6 Å². The first-order valence-corrected chi connectivity index (χ1v) is 8.00. The molecule has 1 unspecified atom stereocenters. The average molecular weight is 347 g/mol. The van der Waals surface area contributed by atoms with Crippen molar-refractivity contribution in [3.05, 3.63) is 35.4 Å². The van der Waals surface area contributed by atoms with E-state index in [2.05, 4.69) is 17.6 Å². The lowest BCUT2D eigenvalue weighted by molar-refractivity contribution is -0.126. The maximum absolute atomic E-state index is 14.0. The van der Waals surface area contributed by atoms with Crippen LogP contribution in [-0.4, -0.2) is 18.5 Å². The van der Waals surface area contributed by atoms with Crippen LogP contribution in [0.5, 0.6) is 0 Å². The smallest absolute Gasteiger partial charge is 0.223 e. The Morgan fingerprint density at radius 1 is 1.43 bits per heavy atom. The second kappa shape index (κ2) is 9.18. The maximum Gasteiger partial charge on any atom is 0.223 e. The zero-order valence-electron chi connectivity index (χ0n) is 13.6. The number of nitrogens with one attached hydrogen (secondary N) is 2. The predicted molar refractivity (Wildman–Crippen MR) is 89.6 cm³/mol. The van der Waals surface area contributed by atoms with Gasteiger partial charge in [-0.15, -0.1) is 12.4 Å². The van der Waals surface area contributed by atoms with Crippen molar-refractivity contribution in [2.75, 3.05) is 6.54 Å². The third-order valence-corrected chi connectivity index (χ3v) is 4.23. The van der Waals surface area contributed by atoms with Crippen LogP contribution in [0.15, 0.2) is 18.2 Å². The van der Waals surface area contributed by atoms with Crippen molar-refractivity contribution in [2.24, 2.45) is 5.92 Å². The molecule has 1 heterocycles. The summed E-state index contributed by atoms with van der Waals surface area (Å²) in [4.78, 5) is 12.4. The van der Waals surface area contributed by atoms with Crippen LogP contribution in [0.3, 0.4) is 0 Å². The van der Waals surface area contributed by atoms with Crippen molar-refractivity contribution in [3.8, 4) is 0 Å². The number of carbonyl (C=O) groups is 1. The van der Waals surface area contributed by atoms with Crippen molar-refractivity contribution in [1.29, 1.82) is 0 Å². The van der Waals surface area contributed by atoms with Crippen LogP contribution in [0.1, 0.15) is 51.1 Å². The molecular weight excluding hydrogens is 322 g/mol. The Bertz CT molecular complexity index is 527. The highest BCUT2D eigenvalue weighted by Gasteiger charge is 2.27. The molecular formula is C17H25ClF2N2O. The monoisotopic (exact) mass is 346 g/mol. The Morgan fingerprint density at radius 2 is 2.17 bits per heavy atom. The Labute approximate surface area is 142 Å². The SMILES string of the molecule is CCCC(NC(=O)[C@H]1CCN[C@@H](C)C1)c1ccc(F)cc1F.Cl. The molecule has 0 bridgehead atoms. The Morgan fingerprint density at radius 3 is 2.78 bits per heavy atom. The van der Waals surface area contributed by atoms with Gasteiger partial charge in [0, 0.05) is 23.6 Å². The fourth-order valence-corrected chi connectivity index (χ4v) is 3.04. The van der Waals surface area contributed by atoms with Gasteiger partial charge < -0.3 is 10.6 Å². The molecule has 1 amide bonds. The minimum atomic E-state index is -0.602. The molecule has 2 N–H and O–H groups in total. The van der Waals surface area contributed by atoms with Gasteiger partial charge in [-0.1, -0.05) is 19.4 Å². The molecule has 1 aromatic carbocycles. The normalized spacial score (nSPS) is 22.1. The van der Waals surface area contributed by atoms with Crippen molar-refractivity contribution >= 4 is 18.3 Å². The first kappa shape index (κ1) is 19.8. The lowest BCUT2D eigenvalue weighted by Crippen LogP contribution is -2.43. The van der Waals surface area contributed by atoms with E-state index in [9.17, 15) is 13.6 Å². The van der Waals surface area contributed by atoms with Gasteiger partial charge >= 0.3 is 0 Å². The second-order valence-corrected chi connectivity index (χ2v) is 6.09. The molecule has 23 heavy (non-hydrogen) atoms. The fraction of sp³-hybridized carbons (Fsp3) is 0.588. The lowest BCUT2D eigenvalue weighted by Gasteiger charge is -2.29. The number of hydrogen-bond donors (Lipinski definition) is 2. The first-order valence-electron chi connectivity index (χ1n) is 8.00. The van der Waals surface area contributed by atoms with E-state index in [1.54, 1.807) is 0 Å². The molecule has 0 spiro atoms. The number of piperidine rings is 1. The number of carbonyl (C=O) groups excluding carboxylic acids is 1. The summed E-state index contributed by atoms with van der Waals surface area (Å²) < 4.78 is 27.0. The highest BCUT2D eigenvalue weighted by atomic mass is 35.5. The second-order valence-electron chi connectivity index (χ2n) is 6.09. The molecule has 1 aromatic rings. The van der Waals surface area contributed by atoms with Gasteiger partial charge in [-0.3, -0.25) is 4.79 Å². The molecule has 1 saturated heterocycles. The van der Waals surface area contributed by atoms with E-state index >= 15 is 0 Å². The van der Waals surface area contributed by atoms with Gasteiger partial charge in [0.15, 0.2) is 0 Å². The molecule has 1 aliphatic rings. The molecule has 3 atom stereocenters. The van der Waals surface area contributed by atoms with Crippen LogP contribution in [0, 0.1) is 17.6 Å². The summed E-state index contributed by atoms with van der Waals surface area (Å²) in [5.41, 5.74) is 0.360. The molecule has 2 rings (SSSR count). The molecule has 0 aromatic heterocycles. The van der Waals surface area contributed by atoms with Gasteiger partial charge in [-0.05, 0) is 38.8 Å². The van der Waals surface area contributed by atoms with Crippen LogP contribution in [-0.2, 0) is 4.79 Å². The van der Waals surface area contributed by atoms with E-state index in [1.807, 2.05) is 6.92 Å². The van der Waals surface area contributed by atoms with Gasteiger partial charge in [0.05, 0.1) is 6.04 Å². The molecule has 1 fully saturated rings. The molecule has 0 aliphatic carbocycles. The fourth-order valence-electron chi connectivity index (χ4n) is 3.04. The van der Waals surface area contributed by atoms with E-state index in [-0.39, 0.29) is 24.2 Å². The van der Waals surface area contributed by atoms with Gasteiger partial charge in [0.2, 0.25) is 5.91 Å². The average Bonchev–Trinajstić information content (AvgIpc) is 2.47. The summed E-state index contributed by atoms with van der Waals surface area (Å²) in [5.74, 6) is -1.28. The quantitative estimate of drug-likeness (QED) is 0.853. The number of benzene rings is 1. The van der Waals surface area contributed by atoms with E-state index in [4.69, 9.17) is 0 Å². The Hall–Kier alpha value is -1.20. The lowest BCUT2D eigenvalue weighted by atomic mass is 9.91. The Kier molecular flexibility index (Phi) is 7.92. The van der Waals surface area contributed by atoms with E-state index < -0.39 is 17.7 Å². The van der Waals surface area contributed by atoms with Crippen LogP contribution in [0.4, 0.5) is 8.78 Å². The van der Waals surface area contributed by atoms with Gasteiger partial charge in [-0.2, -0.15) is 0 Å². The molecule has 1 aliphatic heterocycles. The van der Waals surface area contributed by atoms with E-state index in [0.717, 1.165) is 31.9 Å². The van der Waals surface area contributed by atoms with Crippen LogP contribution in [0.25, 0.3) is 0 Å². The third kappa shape index (κ3) is 5.43. The zero-order valence-corrected chi connectivity index (χ0v) is 14.4. The minimum Gasteiger partial charge on any atom is -0.349 e. The van der Waals surface area contributed by atoms with Crippen molar-refractivity contribution < 1.29 is 13.6 Å². The summed E-state index contributed by atoms with van der Waals surface area (Å²) in [6.07, 6.45) is 3.02. The summed E-state index contributed by atoms with van der Waals surface area (Å²) in [6, 6.07) is 3.45. The summed E-state index contributed by atoms with van der Waals surface area (Å²) in [5, 5.41) is 6.27. The molecule has 130 valence electrons. The van der Waals surface area contributed by atoms with Gasteiger partial charge in [0.1, 0.15) is 11.6 Å². The van der Waals surface area contributed by atoms with Crippen molar-refractivity contribution in [1.82, 2.24) is 10.6 Å². The summed E-state index contributed by atoms with van der Waals surface area (Å²) in [6.45, 7) is 4.86. The molecule has 0 radical (unpaired) electrons. The largest absolute Gasteiger partial charge is 0.349 e. The zero-order chi connectivity index (χ0) is 16.1. The molecule has 3 nitrogen and oxygen atoms in total. The third-order valence-electron chi connectivity index (χ3n) is 4.23. The van der Waals surface area contributed by atoms with Gasteiger partial charge in [-0.25, -0.2) is 8.78 Å². The minimum absolute atomic E-state index is 0. The number of halogens is 3. The predicted octanol–water partition coefficient (Wildman–Crippen LogP) is 3.73. The number of hydrogen-bond acceptors (Lipinski definition) is 2. The van der Waals surface area contributed by atoms with Crippen LogP contribution in [0.2, 0.25) is 0 Å². The van der Waals surface area contributed by atoms with E-state index in [0.29, 0.717) is 18.0 Å². The number of amides is 1. The standard InChI is InChI=1S/C17H24F2N2O.ClH/c1-3-4-16(14-6-5-13(18)10-15(14)19)21-17(22)12-7-8-20-11(2)9-12;/h5-6,10-12,16,20H,3-4,7-9H2,1-2H3,(H,21,22);1H/t11-,12-,16?;/m0./s1. The maximum atomic E-state index is 14.0. The summed E-state index contributed by atoms with van der Waals surface area (Å²) in [7, 11) is 0. The highest BCUT2D eigenvalue weighted by Crippen LogP contribution is 2.24. The van der Waals surface area contributed by atoms with Crippen LogP contribution >= 0.6 is 12.4 Å². The summed E-state index contributed by atoms with van der Waals surface area (Å²) >= 11 is 0. The Balaban J connectivity index is 0.00000264. The van der Waals surface area contributed by atoms with Gasteiger partial charge in [0.25, 0.3) is 0 Å².